The van der Waals surface area contributed by atoms with Crippen molar-refractivity contribution in [2.45, 2.75) is 110 Å². The molecular weight excluding hydrogens is 346 g/mol. The van der Waals surface area contributed by atoms with Gasteiger partial charge in [-0.1, -0.05) is 66.9 Å². The predicted octanol–water partition coefficient (Wildman–Crippen LogP) is 7.25. The fourth-order valence-electron chi connectivity index (χ4n) is 3.57. The first-order valence-electron chi connectivity index (χ1n) is 10.7. The lowest BCUT2D eigenvalue weighted by Gasteiger charge is -2.32. The minimum atomic E-state index is -1.73. The minimum Gasteiger partial charge on any atom is -0.544 e. The SMILES string of the molecule is CC(C)(C)c1cc(C=NC2CCCCC2)c(O[Si](C)(C)C)c(C(C)(C)C)c1. The van der Waals surface area contributed by atoms with Crippen molar-refractivity contribution in [2.24, 2.45) is 4.99 Å². The van der Waals surface area contributed by atoms with Crippen LogP contribution in [0.3, 0.4) is 0 Å². The van der Waals surface area contributed by atoms with Gasteiger partial charge in [-0.15, -0.1) is 0 Å². The Balaban J connectivity index is 2.59. The summed E-state index contributed by atoms with van der Waals surface area (Å²) in [6, 6.07) is 5.17. The molecule has 1 saturated carbocycles. The molecule has 152 valence electrons. The van der Waals surface area contributed by atoms with E-state index in [9.17, 15) is 0 Å². The molecule has 1 aromatic rings. The third kappa shape index (κ3) is 6.48. The summed E-state index contributed by atoms with van der Waals surface area (Å²) in [5.41, 5.74) is 3.97. The minimum absolute atomic E-state index is 0.0314. The van der Waals surface area contributed by atoms with Crippen molar-refractivity contribution in [1.29, 1.82) is 0 Å². The van der Waals surface area contributed by atoms with E-state index < -0.39 is 8.32 Å². The van der Waals surface area contributed by atoms with Crippen LogP contribution in [0.5, 0.6) is 5.75 Å². The fourth-order valence-corrected chi connectivity index (χ4v) is 4.41. The van der Waals surface area contributed by atoms with E-state index in [0.717, 1.165) is 5.75 Å². The molecule has 0 atom stereocenters. The lowest BCUT2D eigenvalue weighted by Crippen LogP contribution is -2.32. The lowest BCUT2D eigenvalue weighted by atomic mass is 9.79. The summed E-state index contributed by atoms with van der Waals surface area (Å²) >= 11 is 0. The molecule has 0 saturated heterocycles. The summed E-state index contributed by atoms with van der Waals surface area (Å²) in [7, 11) is -1.73. The van der Waals surface area contributed by atoms with Crippen LogP contribution < -0.4 is 4.43 Å². The molecule has 1 aliphatic carbocycles. The van der Waals surface area contributed by atoms with Crippen molar-refractivity contribution in [3.05, 3.63) is 28.8 Å². The van der Waals surface area contributed by atoms with Gasteiger partial charge in [0.05, 0.1) is 0 Å². The molecule has 1 aromatic carbocycles. The van der Waals surface area contributed by atoms with Crippen molar-refractivity contribution in [3.8, 4) is 5.75 Å². The van der Waals surface area contributed by atoms with Gasteiger partial charge in [-0.2, -0.15) is 0 Å². The average Bonchev–Trinajstić information content (AvgIpc) is 2.51. The maximum absolute atomic E-state index is 6.65. The Morgan fingerprint density at radius 3 is 2.00 bits per heavy atom. The number of rotatable bonds is 4. The second kappa shape index (κ2) is 8.11. The van der Waals surface area contributed by atoms with E-state index >= 15 is 0 Å². The maximum atomic E-state index is 6.65. The molecule has 0 aliphatic heterocycles. The molecule has 0 amide bonds. The first kappa shape index (κ1) is 22.2. The number of nitrogens with zero attached hydrogens (tertiary/aromatic N) is 1. The van der Waals surface area contributed by atoms with Crippen LogP contribution in [0.4, 0.5) is 0 Å². The fraction of sp³-hybridized carbons (Fsp3) is 0.708. The first-order chi connectivity index (χ1) is 12.3. The summed E-state index contributed by atoms with van der Waals surface area (Å²) in [4.78, 5) is 5.00. The monoisotopic (exact) mass is 387 g/mol. The number of hydrogen-bond donors (Lipinski definition) is 0. The van der Waals surface area contributed by atoms with Crippen LogP contribution in [0.1, 0.15) is 90.3 Å². The van der Waals surface area contributed by atoms with Crippen molar-refractivity contribution in [1.82, 2.24) is 0 Å². The zero-order valence-corrected chi connectivity index (χ0v) is 20.2. The maximum Gasteiger partial charge on any atom is 0.242 e. The van der Waals surface area contributed by atoms with Crippen LogP contribution in [0.25, 0.3) is 0 Å². The Labute approximate surface area is 169 Å². The van der Waals surface area contributed by atoms with Gasteiger partial charge in [0.25, 0.3) is 0 Å². The molecule has 1 aliphatic rings. The first-order valence-corrected chi connectivity index (χ1v) is 14.1. The summed E-state index contributed by atoms with van der Waals surface area (Å²) < 4.78 is 6.65. The molecule has 1 fully saturated rings. The van der Waals surface area contributed by atoms with Crippen LogP contribution in [0.2, 0.25) is 19.6 Å². The molecular formula is C24H41NOSi. The molecule has 0 N–H and O–H groups in total. The Morgan fingerprint density at radius 1 is 0.926 bits per heavy atom. The summed E-state index contributed by atoms with van der Waals surface area (Å²) in [6.45, 7) is 20.5. The third-order valence-corrected chi connectivity index (χ3v) is 6.02. The van der Waals surface area contributed by atoms with Gasteiger partial charge in [-0.25, -0.2) is 0 Å². The van der Waals surface area contributed by atoms with Gasteiger partial charge < -0.3 is 4.43 Å². The zero-order valence-electron chi connectivity index (χ0n) is 19.2. The van der Waals surface area contributed by atoms with E-state index in [4.69, 9.17) is 9.42 Å². The Hall–Kier alpha value is -1.09. The highest BCUT2D eigenvalue weighted by molar-refractivity contribution is 6.70. The van der Waals surface area contributed by atoms with E-state index in [1.165, 1.54) is 48.8 Å². The van der Waals surface area contributed by atoms with E-state index in [-0.39, 0.29) is 10.8 Å². The second-order valence-corrected chi connectivity index (χ2v) is 15.7. The van der Waals surface area contributed by atoms with E-state index in [0.29, 0.717) is 6.04 Å². The summed E-state index contributed by atoms with van der Waals surface area (Å²) in [5, 5.41) is 0. The molecule has 2 nitrogen and oxygen atoms in total. The van der Waals surface area contributed by atoms with Gasteiger partial charge >= 0.3 is 0 Å². The molecule has 3 heteroatoms. The summed E-state index contributed by atoms with van der Waals surface area (Å²) in [6.07, 6.45) is 8.57. The Morgan fingerprint density at radius 2 is 1.52 bits per heavy atom. The highest BCUT2D eigenvalue weighted by atomic mass is 28.4. The zero-order chi connectivity index (χ0) is 20.5. The molecule has 0 unspecified atom stereocenters. The van der Waals surface area contributed by atoms with Crippen LogP contribution >= 0.6 is 0 Å². The molecule has 0 spiro atoms. The quantitative estimate of drug-likeness (QED) is 0.394. The van der Waals surface area contributed by atoms with E-state index in [2.05, 4.69) is 79.5 Å². The number of benzene rings is 1. The Bertz CT molecular complexity index is 665. The van der Waals surface area contributed by atoms with Gasteiger partial charge in [-0.05, 0) is 60.5 Å². The number of hydrogen-bond acceptors (Lipinski definition) is 2. The molecule has 0 heterocycles. The normalized spacial score (nSPS) is 17.5. The highest BCUT2D eigenvalue weighted by Crippen LogP contribution is 2.39. The van der Waals surface area contributed by atoms with Crippen LogP contribution in [0, 0.1) is 0 Å². The highest BCUT2D eigenvalue weighted by Gasteiger charge is 2.28. The van der Waals surface area contributed by atoms with Gasteiger partial charge in [0, 0.05) is 17.8 Å². The van der Waals surface area contributed by atoms with Crippen LogP contribution in [-0.4, -0.2) is 20.6 Å². The van der Waals surface area contributed by atoms with Crippen molar-refractivity contribution >= 4 is 14.5 Å². The van der Waals surface area contributed by atoms with Gasteiger partial charge in [0.1, 0.15) is 5.75 Å². The van der Waals surface area contributed by atoms with E-state index in [1.807, 2.05) is 0 Å². The van der Waals surface area contributed by atoms with Gasteiger partial charge in [0.2, 0.25) is 8.32 Å². The summed E-state index contributed by atoms with van der Waals surface area (Å²) in [5.74, 6) is 1.06. The largest absolute Gasteiger partial charge is 0.544 e. The average molecular weight is 388 g/mol. The topological polar surface area (TPSA) is 21.6 Å². The van der Waals surface area contributed by atoms with Crippen molar-refractivity contribution in [3.63, 3.8) is 0 Å². The van der Waals surface area contributed by atoms with Crippen molar-refractivity contribution in [2.75, 3.05) is 0 Å². The number of aliphatic imine (C=N–C) groups is 1. The molecule has 0 radical (unpaired) electrons. The lowest BCUT2D eigenvalue weighted by molar-refractivity contribution is 0.444. The van der Waals surface area contributed by atoms with Crippen molar-refractivity contribution < 1.29 is 4.43 Å². The van der Waals surface area contributed by atoms with Gasteiger partial charge in [-0.3, -0.25) is 4.99 Å². The standard InChI is InChI=1S/C24H41NOSi/c1-23(2,3)19-15-18(17-25-20-13-11-10-12-14-20)22(26-27(7,8)9)21(16-19)24(4,5)6/h15-17,20H,10-14H2,1-9H3. The molecule has 0 bridgehead atoms. The Kier molecular flexibility index (Phi) is 6.66. The second-order valence-electron chi connectivity index (χ2n) is 11.2. The molecule has 0 aromatic heterocycles. The van der Waals surface area contributed by atoms with Crippen LogP contribution in [-0.2, 0) is 10.8 Å². The molecule has 2 rings (SSSR count). The van der Waals surface area contributed by atoms with Gasteiger partial charge in [0.15, 0.2) is 0 Å². The predicted molar refractivity (Wildman–Crippen MR) is 122 cm³/mol. The molecule has 27 heavy (non-hydrogen) atoms. The third-order valence-electron chi connectivity index (χ3n) is 5.20. The smallest absolute Gasteiger partial charge is 0.242 e. The van der Waals surface area contributed by atoms with E-state index in [1.54, 1.807) is 0 Å². The van der Waals surface area contributed by atoms with Crippen LogP contribution in [0.15, 0.2) is 17.1 Å².